The van der Waals surface area contributed by atoms with Crippen molar-refractivity contribution in [2.24, 2.45) is 0 Å². The molecule has 3 rings (SSSR count). The smallest absolute Gasteiger partial charge is 0.115 e. The van der Waals surface area contributed by atoms with Crippen LogP contribution in [0.5, 0.6) is 5.75 Å². The molecule has 3 aromatic rings. The molecule has 2 heteroatoms. The van der Waals surface area contributed by atoms with E-state index in [1.54, 1.807) is 24.3 Å². The summed E-state index contributed by atoms with van der Waals surface area (Å²) in [7, 11) is 0. The molecule has 0 aliphatic heterocycles. The van der Waals surface area contributed by atoms with Crippen molar-refractivity contribution < 1.29 is 5.11 Å². The lowest BCUT2D eigenvalue weighted by Crippen LogP contribution is -1.73. The van der Waals surface area contributed by atoms with Gasteiger partial charge in [-0.1, -0.05) is 76.6 Å². The molecule has 0 amide bonds. The second-order valence-corrected chi connectivity index (χ2v) is 5.12. The summed E-state index contributed by atoms with van der Waals surface area (Å²) in [6.07, 6.45) is 0. The Morgan fingerprint density at radius 2 is 0.950 bits per heavy atom. The molecule has 1 N–H and O–H groups in total. The Balaban J connectivity index is 0.000000160. The molecule has 0 aromatic heterocycles. The zero-order valence-corrected chi connectivity index (χ0v) is 12.5. The van der Waals surface area contributed by atoms with Crippen LogP contribution in [0.1, 0.15) is 0 Å². The molecule has 0 saturated carbocycles. The quantitative estimate of drug-likeness (QED) is 0.625. The van der Waals surface area contributed by atoms with Crippen molar-refractivity contribution in [2.45, 2.75) is 0 Å². The lowest BCUT2D eigenvalue weighted by molar-refractivity contribution is 0.475. The number of phenols is 1. The van der Waals surface area contributed by atoms with Crippen LogP contribution in [0.3, 0.4) is 0 Å². The van der Waals surface area contributed by atoms with Crippen molar-refractivity contribution in [3.63, 3.8) is 0 Å². The molecule has 3 aromatic carbocycles. The molecule has 0 unspecified atom stereocenters. The lowest BCUT2D eigenvalue weighted by Gasteiger charge is -1.98. The first-order valence-corrected chi connectivity index (χ1v) is 7.10. The molecule has 0 bridgehead atoms. The minimum absolute atomic E-state index is 0.299. The summed E-state index contributed by atoms with van der Waals surface area (Å²) >= 11 is 3.23. The summed E-state index contributed by atoms with van der Waals surface area (Å²) in [4.78, 5) is 0. The van der Waals surface area contributed by atoms with Gasteiger partial charge in [0, 0.05) is 4.47 Å². The highest BCUT2D eigenvalue weighted by atomic mass is 79.9. The Labute approximate surface area is 127 Å². The summed E-state index contributed by atoms with van der Waals surface area (Å²) in [5.74, 6) is 0.299. The van der Waals surface area contributed by atoms with Crippen LogP contribution in [-0.4, -0.2) is 5.11 Å². The fourth-order valence-electron chi connectivity index (χ4n) is 1.70. The highest BCUT2D eigenvalue weighted by molar-refractivity contribution is 9.10. The van der Waals surface area contributed by atoms with E-state index < -0.39 is 0 Å². The molecule has 1 nitrogen and oxygen atoms in total. The predicted molar refractivity (Wildman–Crippen MR) is 87.7 cm³/mol. The lowest BCUT2D eigenvalue weighted by atomic mass is 10.1. The highest BCUT2D eigenvalue weighted by Gasteiger charge is 1.91. The molecule has 0 saturated heterocycles. The third-order valence-electron chi connectivity index (χ3n) is 2.71. The van der Waals surface area contributed by atoms with Crippen molar-refractivity contribution in [3.05, 3.63) is 89.4 Å². The van der Waals surface area contributed by atoms with Gasteiger partial charge < -0.3 is 5.11 Å². The minimum Gasteiger partial charge on any atom is -0.508 e. The molecule has 0 aliphatic carbocycles. The van der Waals surface area contributed by atoms with Gasteiger partial charge in [0.05, 0.1) is 0 Å². The zero-order valence-electron chi connectivity index (χ0n) is 10.9. The molecule has 0 atom stereocenters. The Morgan fingerprint density at radius 1 is 0.550 bits per heavy atom. The predicted octanol–water partition coefficient (Wildman–Crippen LogP) is 5.51. The number of benzene rings is 3. The molecular formula is C18H15BrO. The van der Waals surface area contributed by atoms with E-state index in [0.717, 1.165) is 4.47 Å². The standard InChI is InChI=1S/C12H10.C6H5BrO/c1-3-7-11(8-4-1)12-9-5-2-6-10-12;7-5-1-3-6(8)4-2-5/h1-10H;1-4,8H. The first kappa shape index (κ1) is 14.4. The number of halogens is 1. The number of rotatable bonds is 1. The largest absolute Gasteiger partial charge is 0.508 e. The van der Waals surface area contributed by atoms with Crippen LogP contribution in [0.4, 0.5) is 0 Å². The third-order valence-corrected chi connectivity index (χ3v) is 3.24. The minimum atomic E-state index is 0.299. The highest BCUT2D eigenvalue weighted by Crippen LogP contribution is 2.17. The van der Waals surface area contributed by atoms with Crippen LogP contribution < -0.4 is 0 Å². The number of hydrogen-bond donors (Lipinski definition) is 1. The Morgan fingerprint density at radius 3 is 1.30 bits per heavy atom. The molecule has 0 fully saturated rings. The van der Waals surface area contributed by atoms with Crippen LogP contribution in [0.15, 0.2) is 89.4 Å². The van der Waals surface area contributed by atoms with Gasteiger partial charge in [0.25, 0.3) is 0 Å². The van der Waals surface area contributed by atoms with Crippen molar-refractivity contribution >= 4 is 15.9 Å². The first-order valence-electron chi connectivity index (χ1n) is 6.31. The van der Waals surface area contributed by atoms with Gasteiger partial charge in [-0.05, 0) is 35.4 Å². The second kappa shape index (κ2) is 7.51. The van der Waals surface area contributed by atoms with E-state index in [1.165, 1.54) is 11.1 Å². The van der Waals surface area contributed by atoms with E-state index in [4.69, 9.17) is 5.11 Å². The van der Waals surface area contributed by atoms with Gasteiger partial charge in [0.2, 0.25) is 0 Å². The fourth-order valence-corrected chi connectivity index (χ4v) is 1.97. The summed E-state index contributed by atoms with van der Waals surface area (Å²) in [5, 5.41) is 8.74. The van der Waals surface area contributed by atoms with Crippen LogP contribution in [0, 0.1) is 0 Å². The van der Waals surface area contributed by atoms with Gasteiger partial charge in [0.1, 0.15) is 5.75 Å². The number of hydrogen-bond acceptors (Lipinski definition) is 1. The van der Waals surface area contributed by atoms with E-state index in [-0.39, 0.29) is 0 Å². The van der Waals surface area contributed by atoms with Crippen LogP contribution in [0.2, 0.25) is 0 Å². The number of aromatic hydroxyl groups is 1. The Bertz CT molecular complexity index is 560. The maximum Gasteiger partial charge on any atom is 0.115 e. The summed E-state index contributed by atoms with van der Waals surface area (Å²) < 4.78 is 0.982. The Kier molecular flexibility index (Phi) is 5.39. The van der Waals surface area contributed by atoms with Crippen LogP contribution in [0.25, 0.3) is 11.1 Å². The molecule has 20 heavy (non-hydrogen) atoms. The van der Waals surface area contributed by atoms with Gasteiger partial charge in [-0.15, -0.1) is 0 Å². The van der Waals surface area contributed by atoms with Crippen LogP contribution in [-0.2, 0) is 0 Å². The molecule has 0 radical (unpaired) electrons. The SMILES string of the molecule is Oc1ccc(Br)cc1.c1ccc(-c2ccccc2)cc1. The Hall–Kier alpha value is -2.06. The molecule has 100 valence electrons. The second-order valence-electron chi connectivity index (χ2n) is 4.21. The fraction of sp³-hybridized carbons (Fsp3) is 0. The first-order chi connectivity index (χ1) is 9.75. The molecule has 0 aliphatic rings. The van der Waals surface area contributed by atoms with Crippen molar-refractivity contribution in [2.75, 3.05) is 0 Å². The van der Waals surface area contributed by atoms with Gasteiger partial charge in [0.15, 0.2) is 0 Å². The van der Waals surface area contributed by atoms with E-state index in [9.17, 15) is 0 Å². The van der Waals surface area contributed by atoms with Gasteiger partial charge in [-0.25, -0.2) is 0 Å². The monoisotopic (exact) mass is 326 g/mol. The maximum absolute atomic E-state index is 8.74. The topological polar surface area (TPSA) is 20.2 Å². The maximum atomic E-state index is 8.74. The van der Waals surface area contributed by atoms with Gasteiger partial charge >= 0.3 is 0 Å². The van der Waals surface area contributed by atoms with Gasteiger partial charge in [-0.2, -0.15) is 0 Å². The van der Waals surface area contributed by atoms with E-state index in [2.05, 4.69) is 64.5 Å². The van der Waals surface area contributed by atoms with Crippen molar-refractivity contribution in [1.82, 2.24) is 0 Å². The van der Waals surface area contributed by atoms with E-state index >= 15 is 0 Å². The zero-order chi connectivity index (χ0) is 14.2. The molecule has 0 spiro atoms. The normalized spacial score (nSPS) is 9.45. The van der Waals surface area contributed by atoms with E-state index in [1.807, 2.05) is 12.1 Å². The van der Waals surface area contributed by atoms with Crippen molar-refractivity contribution in [3.8, 4) is 16.9 Å². The summed E-state index contributed by atoms with van der Waals surface area (Å²) in [5.41, 5.74) is 2.55. The van der Waals surface area contributed by atoms with Gasteiger partial charge in [-0.3, -0.25) is 0 Å². The average molecular weight is 327 g/mol. The molecular weight excluding hydrogens is 312 g/mol. The van der Waals surface area contributed by atoms with Crippen molar-refractivity contribution in [1.29, 1.82) is 0 Å². The third kappa shape index (κ3) is 4.56. The summed E-state index contributed by atoms with van der Waals surface area (Å²) in [6, 6.07) is 27.6. The molecule has 0 heterocycles. The van der Waals surface area contributed by atoms with Crippen LogP contribution >= 0.6 is 15.9 Å². The van der Waals surface area contributed by atoms with E-state index in [0.29, 0.717) is 5.75 Å². The summed E-state index contributed by atoms with van der Waals surface area (Å²) in [6.45, 7) is 0. The average Bonchev–Trinajstić information content (AvgIpc) is 2.53. The number of phenolic OH excluding ortho intramolecular Hbond substituents is 1.